The summed E-state index contributed by atoms with van der Waals surface area (Å²) in [6.07, 6.45) is 3.13. The zero-order valence-corrected chi connectivity index (χ0v) is 16.8. The molecule has 0 aliphatic heterocycles. The third-order valence-corrected chi connectivity index (χ3v) is 5.45. The molecule has 0 aliphatic rings. The number of benzene rings is 1. The van der Waals surface area contributed by atoms with E-state index < -0.39 is 5.97 Å². The maximum atomic E-state index is 11.9. The smallest absolute Gasteiger partial charge is 0.341 e. The average molecular weight is 409 g/mol. The van der Waals surface area contributed by atoms with Gasteiger partial charge in [0.05, 0.1) is 37.5 Å². The predicted molar refractivity (Wildman–Crippen MR) is 108 cm³/mol. The van der Waals surface area contributed by atoms with Gasteiger partial charge in [-0.3, -0.25) is 4.57 Å². The standard InChI is InChI=1S/C21H19N3O4S/c1-14-16(8-10-27-14)19-22-23-21(24(19)12-15-6-4-3-5-7-15)29-13-18-17(9-11-28-18)20(25)26-2/h3-11H,12-13H2,1-2H3. The number of thioether (sulfide) groups is 1. The Bertz CT molecular complexity index is 1110. The number of hydrogen-bond donors (Lipinski definition) is 0. The molecule has 8 heteroatoms. The monoisotopic (exact) mass is 409 g/mol. The lowest BCUT2D eigenvalue weighted by atomic mass is 10.2. The molecule has 0 saturated carbocycles. The van der Waals surface area contributed by atoms with Gasteiger partial charge in [0.2, 0.25) is 0 Å². The Labute approximate surface area is 171 Å². The van der Waals surface area contributed by atoms with Gasteiger partial charge >= 0.3 is 5.97 Å². The van der Waals surface area contributed by atoms with E-state index in [2.05, 4.69) is 22.3 Å². The highest BCUT2D eigenvalue weighted by molar-refractivity contribution is 7.98. The van der Waals surface area contributed by atoms with Crippen molar-refractivity contribution in [3.05, 3.63) is 77.6 Å². The normalized spacial score (nSPS) is 11.0. The van der Waals surface area contributed by atoms with Crippen molar-refractivity contribution in [1.29, 1.82) is 0 Å². The second-order valence-corrected chi connectivity index (χ2v) is 7.25. The molecule has 7 nitrogen and oxygen atoms in total. The summed E-state index contributed by atoms with van der Waals surface area (Å²) < 4.78 is 17.8. The van der Waals surface area contributed by atoms with E-state index in [1.165, 1.54) is 25.1 Å². The maximum absolute atomic E-state index is 11.9. The molecule has 29 heavy (non-hydrogen) atoms. The lowest BCUT2D eigenvalue weighted by Crippen LogP contribution is -2.05. The van der Waals surface area contributed by atoms with Crippen LogP contribution in [0.25, 0.3) is 11.4 Å². The topological polar surface area (TPSA) is 83.3 Å². The van der Waals surface area contributed by atoms with Gasteiger partial charge in [-0.1, -0.05) is 42.1 Å². The summed E-state index contributed by atoms with van der Waals surface area (Å²) in [6.45, 7) is 2.51. The number of methoxy groups -OCH3 is 1. The Morgan fingerprint density at radius 1 is 1.10 bits per heavy atom. The lowest BCUT2D eigenvalue weighted by molar-refractivity contribution is 0.0598. The Kier molecular flexibility index (Phi) is 5.53. The fourth-order valence-corrected chi connectivity index (χ4v) is 3.88. The first-order chi connectivity index (χ1) is 14.2. The van der Waals surface area contributed by atoms with Gasteiger partial charge in [-0.2, -0.15) is 0 Å². The van der Waals surface area contributed by atoms with Crippen LogP contribution in [0.2, 0.25) is 0 Å². The number of ether oxygens (including phenoxy) is 1. The van der Waals surface area contributed by atoms with Gasteiger partial charge in [0.15, 0.2) is 11.0 Å². The van der Waals surface area contributed by atoms with Crippen molar-refractivity contribution in [3.63, 3.8) is 0 Å². The van der Waals surface area contributed by atoms with Gasteiger partial charge in [0.1, 0.15) is 17.1 Å². The van der Waals surface area contributed by atoms with Crippen LogP contribution in [0, 0.1) is 6.92 Å². The molecule has 0 spiro atoms. The molecule has 1 aromatic carbocycles. The Balaban J connectivity index is 1.65. The molecular formula is C21H19N3O4S. The Morgan fingerprint density at radius 3 is 2.62 bits per heavy atom. The SMILES string of the molecule is COC(=O)c1ccoc1CSc1nnc(-c2ccoc2C)n1Cc1ccccc1. The van der Waals surface area contributed by atoms with E-state index in [0.717, 1.165) is 27.9 Å². The molecule has 0 radical (unpaired) electrons. The van der Waals surface area contributed by atoms with Crippen molar-refractivity contribution in [3.8, 4) is 11.4 Å². The third-order valence-electron chi connectivity index (χ3n) is 4.48. The van der Waals surface area contributed by atoms with Crippen molar-refractivity contribution < 1.29 is 18.4 Å². The molecule has 3 heterocycles. The lowest BCUT2D eigenvalue weighted by Gasteiger charge is -2.10. The van der Waals surface area contributed by atoms with Crippen LogP contribution >= 0.6 is 11.8 Å². The number of esters is 1. The van der Waals surface area contributed by atoms with Crippen molar-refractivity contribution in [2.45, 2.75) is 24.4 Å². The van der Waals surface area contributed by atoms with Gasteiger partial charge in [-0.15, -0.1) is 10.2 Å². The van der Waals surface area contributed by atoms with E-state index in [1.807, 2.05) is 35.8 Å². The second-order valence-electron chi connectivity index (χ2n) is 6.31. The van der Waals surface area contributed by atoms with E-state index >= 15 is 0 Å². The molecule has 0 N–H and O–H groups in total. The van der Waals surface area contributed by atoms with E-state index in [9.17, 15) is 4.79 Å². The van der Waals surface area contributed by atoms with E-state index in [-0.39, 0.29) is 0 Å². The van der Waals surface area contributed by atoms with Gasteiger partial charge in [-0.05, 0) is 24.6 Å². The summed E-state index contributed by atoms with van der Waals surface area (Å²) >= 11 is 1.45. The molecule has 0 bridgehead atoms. The number of carbonyl (C=O) groups is 1. The number of nitrogens with zero attached hydrogens (tertiary/aromatic N) is 3. The molecule has 0 aliphatic carbocycles. The summed E-state index contributed by atoms with van der Waals surface area (Å²) in [5.41, 5.74) is 2.44. The quantitative estimate of drug-likeness (QED) is 0.327. The largest absolute Gasteiger partial charge is 0.469 e. The van der Waals surface area contributed by atoms with Crippen LogP contribution in [0.5, 0.6) is 0 Å². The Morgan fingerprint density at radius 2 is 1.90 bits per heavy atom. The molecule has 0 unspecified atom stereocenters. The van der Waals surface area contributed by atoms with Gasteiger partial charge in [0.25, 0.3) is 0 Å². The van der Waals surface area contributed by atoms with E-state index in [0.29, 0.717) is 23.6 Å². The summed E-state index contributed by atoms with van der Waals surface area (Å²) in [6, 6.07) is 13.6. The molecule has 0 amide bonds. The maximum Gasteiger partial charge on any atom is 0.341 e. The van der Waals surface area contributed by atoms with Crippen LogP contribution in [0.15, 0.2) is 69.0 Å². The highest BCUT2D eigenvalue weighted by Gasteiger charge is 2.20. The van der Waals surface area contributed by atoms with Gasteiger partial charge in [0, 0.05) is 0 Å². The van der Waals surface area contributed by atoms with Crippen molar-refractivity contribution in [2.75, 3.05) is 7.11 Å². The van der Waals surface area contributed by atoms with Crippen LogP contribution in [0.3, 0.4) is 0 Å². The molecule has 4 aromatic rings. The number of carbonyl (C=O) groups excluding carboxylic acids is 1. The van der Waals surface area contributed by atoms with Crippen LogP contribution in [-0.4, -0.2) is 27.8 Å². The summed E-state index contributed by atoms with van der Waals surface area (Å²) in [5.74, 6) is 2.05. The minimum absolute atomic E-state index is 0.417. The molecule has 3 aromatic heterocycles. The van der Waals surface area contributed by atoms with Crippen molar-refractivity contribution in [1.82, 2.24) is 14.8 Å². The van der Waals surface area contributed by atoms with E-state index in [4.69, 9.17) is 13.6 Å². The fraction of sp³-hybridized carbons (Fsp3) is 0.190. The first-order valence-electron chi connectivity index (χ1n) is 8.96. The minimum Gasteiger partial charge on any atom is -0.469 e. The van der Waals surface area contributed by atoms with Crippen molar-refractivity contribution in [2.24, 2.45) is 0 Å². The number of furan rings is 2. The van der Waals surface area contributed by atoms with Crippen LogP contribution in [0.4, 0.5) is 0 Å². The number of aromatic nitrogens is 3. The highest BCUT2D eigenvalue weighted by Crippen LogP contribution is 2.30. The summed E-state index contributed by atoms with van der Waals surface area (Å²) in [4.78, 5) is 11.9. The number of aryl methyl sites for hydroxylation is 1. The summed E-state index contributed by atoms with van der Waals surface area (Å²) in [5, 5.41) is 9.50. The van der Waals surface area contributed by atoms with Crippen LogP contribution in [-0.2, 0) is 17.0 Å². The van der Waals surface area contributed by atoms with Gasteiger partial charge in [-0.25, -0.2) is 4.79 Å². The molecule has 0 fully saturated rings. The average Bonchev–Trinajstić information content (AvgIpc) is 3.47. The van der Waals surface area contributed by atoms with Crippen molar-refractivity contribution >= 4 is 17.7 Å². The molecule has 0 saturated heterocycles. The molecular weight excluding hydrogens is 390 g/mol. The summed E-state index contributed by atoms with van der Waals surface area (Å²) in [7, 11) is 1.35. The zero-order chi connectivity index (χ0) is 20.2. The van der Waals surface area contributed by atoms with Gasteiger partial charge < -0.3 is 13.6 Å². The first kappa shape index (κ1) is 19.1. The first-order valence-corrected chi connectivity index (χ1v) is 9.95. The Hall–Kier alpha value is -3.26. The minimum atomic E-state index is -0.421. The zero-order valence-electron chi connectivity index (χ0n) is 16.0. The predicted octanol–water partition coefficient (Wildman–Crippen LogP) is 4.57. The third kappa shape index (κ3) is 3.97. The molecule has 0 atom stereocenters. The molecule has 4 rings (SSSR count). The second kappa shape index (κ2) is 8.40. The fourth-order valence-electron chi connectivity index (χ4n) is 2.99. The van der Waals surface area contributed by atoms with Crippen LogP contribution in [0.1, 0.15) is 27.4 Å². The number of hydrogen-bond acceptors (Lipinski definition) is 7. The number of rotatable bonds is 7. The highest BCUT2D eigenvalue weighted by atomic mass is 32.2. The van der Waals surface area contributed by atoms with Crippen LogP contribution < -0.4 is 0 Å². The van der Waals surface area contributed by atoms with E-state index in [1.54, 1.807) is 12.3 Å². The molecule has 148 valence electrons.